The van der Waals surface area contributed by atoms with Gasteiger partial charge in [0.1, 0.15) is 17.6 Å². The van der Waals surface area contributed by atoms with E-state index in [1.54, 1.807) is 48.5 Å². The highest BCUT2D eigenvalue weighted by molar-refractivity contribution is 6.01. The number of carbonyl (C=O) groups is 1. The molecule has 4 aromatic rings. The Morgan fingerprint density at radius 3 is 2.56 bits per heavy atom. The molecule has 7 nitrogen and oxygen atoms in total. The Balaban J connectivity index is 1.75. The molecule has 0 bridgehead atoms. The van der Waals surface area contributed by atoms with E-state index in [-0.39, 0.29) is 5.58 Å². The molecule has 0 aliphatic carbocycles. The quantitative estimate of drug-likeness (QED) is 0.599. The van der Waals surface area contributed by atoms with Crippen LogP contribution in [0.25, 0.3) is 22.1 Å². The van der Waals surface area contributed by atoms with Crippen LogP contribution in [0.4, 0.5) is 5.69 Å². The predicted octanol–water partition coefficient (Wildman–Crippen LogP) is 2.07. The largest absolute Gasteiger partial charge is 0.449 e. The molecular weight excluding hydrogens is 322 g/mol. The maximum Gasteiger partial charge on any atom is 0.329 e. The van der Waals surface area contributed by atoms with Crippen LogP contribution in [0.1, 0.15) is 0 Å². The van der Waals surface area contributed by atoms with Gasteiger partial charge in [-0.3, -0.25) is 9.59 Å². The van der Waals surface area contributed by atoms with E-state index in [0.29, 0.717) is 22.2 Å². The lowest BCUT2D eigenvalue weighted by molar-refractivity contribution is -0.116. The number of benzene rings is 2. The third-order valence-corrected chi connectivity index (χ3v) is 3.87. The summed E-state index contributed by atoms with van der Waals surface area (Å²) in [5.74, 6) is -0.478. The maximum atomic E-state index is 12.6. The lowest BCUT2D eigenvalue weighted by atomic mass is 10.2. The molecule has 25 heavy (non-hydrogen) atoms. The van der Waals surface area contributed by atoms with E-state index in [1.165, 1.54) is 0 Å². The summed E-state index contributed by atoms with van der Waals surface area (Å²) in [6.07, 6.45) is 0. The van der Waals surface area contributed by atoms with Gasteiger partial charge in [0.15, 0.2) is 0 Å². The number of hydrogen-bond donors (Lipinski definition) is 2. The van der Waals surface area contributed by atoms with Gasteiger partial charge in [-0.15, -0.1) is 0 Å². The van der Waals surface area contributed by atoms with E-state index in [9.17, 15) is 14.4 Å². The van der Waals surface area contributed by atoms with Gasteiger partial charge in [-0.25, -0.2) is 9.36 Å². The van der Waals surface area contributed by atoms with Crippen molar-refractivity contribution in [3.05, 3.63) is 75.4 Å². The molecular formula is C18H13N3O4. The topological polar surface area (TPSA) is 97.1 Å². The number of nitrogens with zero attached hydrogens (tertiary/aromatic N) is 1. The second kappa shape index (κ2) is 5.79. The molecule has 0 spiro atoms. The Morgan fingerprint density at radius 1 is 1.04 bits per heavy atom. The first kappa shape index (κ1) is 14.9. The van der Waals surface area contributed by atoms with Gasteiger partial charge in [-0.1, -0.05) is 30.3 Å². The highest BCUT2D eigenvalue weighted by atomic mass is 16.3. The fourth-order valence-electron chi connectivity index (χ4n) is 2.72. The fourth-order valence-corrected chi connectivity index (χ4v) is 2.72. The van der Waals surface area contributed by atoms with Crippen molar-refractivity contribution in [3.63, 3.8) is 0 Å². The molecule has 2 heterocycles. The second-order valence-corrected chi connectivity index (χ2v) is 5.54. The maximum absolute atomic E-state index is 12.6. The highest BCUT2D eigenvalue weighted by Crippen LogP contribution is 2.23. The van der Waals surface area contributed by atoms with Crippen molar-refractivity contribution in [1.29, 1.82) is 0 Å². The molecule has 7 heteroatoms. The number of furan rings is 1. The molecule has 0 saturated carbocycles. The number of hydrogen-bond acceptors (Lipinski definition) is 4. The Hall–Kier alpha value is -3.61. The second-order valence-electron chi connectivity index (χ2n) is 5.54. The first-order valence-electron chi connectivity index (χ1n) is 7.63. The summed E-state index contributed by atoms with van der Waals surface area (Å²) in [7, 11) is 0. The lowest BCUT2D eigenvalue weighted by Crippen LogP contribution is -2.38. The standard InChI is InChI=1S/C18H13N3O4/c22-14(19-11-6-2-1-3-7-11)10-21-17(23)16-15(20-18(21)24)12-8-4-5-9-13(12)25-16/h1-9H,10H2,(H,19,22)(H,20,24). The van der Waals surface area contributed by atoms with Gasteiger partial charge in [0.05, 0.1) is 0 Å². The minimum atomic E-state index is -0.660. The molecule has 4 rings (SSSR count). The molecule has 2 aromatic heterocycles. The van der Waals surface area contributed by atoms with E-state index in [4.69, 9.17) is 4.42 Å². The Kier molecular flexibility index (Phi) is 3.46. The number of amides is 1. The van der Waals surface area contributed by atoms with E-state index in [0.717, 1.165) is 4.57 Å². The van der Waals surface area contributed by atoms with Crippen molar-refractivity contribution in [2.24, 2.45) is 0 Å². The molecule has 1 amide bonds. The van der Waals surface area contributed by atoms with Crippen LogP contribution in [0.5, 0.6) is 0 Å². The number of nitrogens with one attached hydrogen (secondary N) is 2. The van der Waals surface area contributed by atoms with Crippen LogP contribution < -0.4 is 16.6 Å². The first-order chi connectivity index (χ1) is 12.1. The molecule has 0 fully saturated rings. The van der Waals surface area contributed by atoms with Crippen molar-refractivity contribution in [1.82, 2.24) is 9.55 Å². The third kappa shape index (κ3) is 2.61. The molecule has 0 atom stereocenters. The van der Waals surface area contributed by atoms with Gasteiger partial charge in [0.2, 0.25) is 11.5 Å². The number of aromatic nitrogens is 2. The van der Waals surface area contributed by atoms with Gasteiger partial charge >= 0.3 is 5.69 Å². The Labute approximate surface area is 140 Å². The SMILES string of the molecule is O=C(Cn1c(=O)[nH]c2c(oc3ccccc32)c1=O)Nc1ccccc1. The highest BCUT2D eigenvalue weighted by Gasteiger charge is 2.16. The number of anilines is 1. The zero-order valence-electron chi connectivity index (χ0n) is 13.0. The summed E-state index contributed by atoms with van der Waals surface area (Å²) in [5.41, 5.74) is 0.141. The van der Waals surface area contributed by atoms with Gasteiger partial charge in [-0.2, -0.15) is 0 Å². The van der Waals surface area contributed by atoms with Crippen LogP contribution >= 0.6 is 0 Å². The zero-order chi connectivity index (χ0) is 17.4. The molecule has 0 saturated heterocycles. The molecule has 0 unspecified atom stereocenters. The molecule has 0 radical (unpaired) electrons. The summed E-state index contributed by atoms with van der Waals surface area (Å²) in [6, 6.07) is 15.8. The minimum Gasteiger partial charge on any atom is -0.449 e. The number of fused-ring (bicyclic) bond motifs is 3. The number of aromatic amines is 1. The van der Waals surface area contributed by atoms with E-state index in [2.05, 4.69) is 10.3 Å². The van der Waals surface area contributed by atoms with Crippen LogP contribution in [-0.4, -0.2) is 15.5 Å². The van der Waals surface area contributed by atoms with Crippen molar-refractivity contribution < 1.29 is 9.21 Å². The van der Waals surface area contributed by atoms with Gasteiger partial charge in [0.25, 0.3) is 5.56 Å². The van der Waals surface area contributed by atoms with Crippen LogP contribution in [0, 0.1) is 0 Å². The Morgan fingerprint density at radius 2 is 1.76 bits per heavy atom. The number of rotatable bonds is 3. The lowest BCUT2D eigenvalue weighted by Gasteiger charge is -2.06. The number of carbonyl (C=O) groups excluding carboxylic acids is 1. The van der Waals surface area contributed by atoms with Crippen LogP contribution in [0.3, 0.4) is 0 Å². The van der Waals surface area contributed by atoms with Crippen LogP contribution in [0.2, 0.25) is 0 Å². The van der Waals surface area contributed by atoms with Crippen molar-refractivity contribution in [3.8, 4) is 0 Å². The predicted molar refractivity (Wildman–Crippen MR) is 93.7 cm³/mol. The third-order valence-electron chi connectivity index (χ3n) is 3.87. The van der Waals surface area contributed by atoms with Crippen LogP contribution in [0.15, 0.2) is 68.6 Å². The minimum absolute atomic E-state index is 0.0216. The summed E-state index contributed by atoms with van der Waals surface area (Å²) in [5, 5.41) is 3.28. The summed E-state index contributed by atoms with van der Waals surface area (Å²) < 4.78 is 6.37. The van der Waals surface area contributed by atoms with E-state index < -0.39 is 23.7 Å². The monoisotopic (exact) mass is 335 g/mol. The summed E-state index contributed by atoms with van der Waals surface area (Å²) in [4.78, 5) is 39.6. The number of H-pyrrole nitrogens is 1. The van der Waals surface area contributed by atoms with Gasteiger partial charge < -0.3 is 14.7 Å². The van der Waals surface area contributed by atoms with Crippen molar-refractivity contribution >= 4 is 33.7 Å². The van der Waals surface area contributed by atoms with Crippen LogP contribution in [-0.2, 0) is 11.3 Å². The Bertz CT molecular complexity index is 1200. The summed E-state index contributed by atoms with van der Waals surface area (Å²) in [6.45, 7) is -0.407. The average molecular weight is 335 g/mol. The van der Waals surface area contributed by atoms with E-state index in [1.807, 2.05) is 6.07 Å². The molecule has 124 valence electrons. The fraction of sp³-hybridized carbons (Fsp3) is 0.0556. The van der Waals surface area contributed by atoms with E-state index >= 15 is 0 Å². The number of para-hydroxylation sites is 2. The average Bonchev–Trinajstić information content (AvgIpc) is 2.98. The zero-order valence-corrected chi connectivity index (χ0v) is 13.0. The normalized spacial score (nSPS) is 11.0. The van der Waals surface area contributed by atoms with Gasteiger partial charge in [-0.05, 0) is 24.3 Å². The van der Waals surface area contributed by atoms with Crippen molar-refractivity contribution in [2.75, 3.05) is 5.32 Å². The summed E-state index contributed by atoms with van der Waals surface area (Å²) >= 11 is 0. The smallest absolute Gasteiger partial charge is 0.329 e. The molecule has 2 aromatic carbocycles. The molecule has 0 aliphatic heterocycles. The van der Waals surface area contributed by atoms with Crippen molar-refractivity contribution in [2.45, 2.75) is 6.54 Å². The molecule has 2 N–H and O–H groups in total. The van der Waals surface area contributed by atoms with Gasteiger partial charge in [0, 0.05) is 11.1 Å². The molecule has 0 aliphatic rings. The first-order valence-corrected chi connectivity index (χ1v) is 7.63.